The molecule has 2 aliphatic rings. The molecule has 0 bridgehead atoms. The van der Waals surface area contributed by atoms with Crippen LogP contribution in [0.15, 0.2) is 27.6 Å². The Morgan fingerprint density at radius 3 is 3.30 bits per heavy atom. The van der Waals surface area contributed by atoms with E-state index in [1.165, 1.54) is 0 Å². The lowest BCUT2D eigenvalue weighted by atomic mass is 10.2. The normalized spacial score (nSPS) is 22.2. The SMILES string of the molecule is O=C1N=CC=C2SCC=C12. The Labute approximate surface area is 62.7 Å². The molecule has 2 nitrogen and oxygen atoms in total. The van der Waals surface area contributed by atoms with Gasteiger partial charge in [-0.15, -0.1) is 11.8 Å². The Bertz CT molecular complexity index is 275. The van der Waals surface area contributed by atoms with E-state index in [9.17, 15) is 4.79 Å². The van der Waals surface area contributed by atoms with Crippen LogP contribution in [0.4, 0.5) is 0 Å². The maximum atomic E-state index is 11.0. The lowest BCUT2D eigenvalue weighted by molar-refractivity contribution is -0.114. The highest BCUT2D eigenvalue weighted by molar-refractivity contribution is 8.03. The smallest absolute Gasteiger partial charge is 0.267 e. The quantitative estimate of drug-likeness (QED) is 0.519. The van der Waals surface area contributed by atoms with E-state index in [2.05, 4.69) is 4.99 Å². The lowest BCUT2D eigenvalue weighted by Crippen LogP contribution is -2.01. The van der Waals surface area contributed by atoms with Gasteiger partial charge in [0.15, 0.2) is 0 Å². The molecular formula is C7H5NOS. The van der Waals surface area contributed by atoms with Gasteiger partial charge in [0.25, 0.3) is 5.91 Å². The van der Waals surface area contributed by atoms with E-state index in [1.54, 1.807) is 18.0 Å². The molecule has 10 heavy (non-hydrogen) atoms. The number of fused-ring (bicyclic) bond motifs is 1. The molecule has 0 atom stereocenters. The van der Waals surface area contributed by atoms with Gasteiger partial charge in [-0.25, -0.2) is 4.99 Å². The Balaban J connectivity index is 2.48. The van der Waals surface area contributed by atoms with Crippen molar-refractivity contribution in [2.45, 2.75) is 0 Å². The largest absolute Gasteiger partial charge is 0.277 e. The molecule has 0 spiro atoms. The van der Waals surface area contributed by atoms with Crippen LogP contribution in [0, 0.1) is 0 Å². The predicted molar refractivity (Wildman–Crippen MR) is 42.1 cm³/mol. The van der Waals surface area contributed by atoms with Crippen LogP contribution < -0.4 is 0 Å². The van der Waals surface area contributed by atoms with Crippen molar-refractivity contribution in [2.24, 2.45) is 4.99 Å². The van der Waals surface area contributed by atoms with E-state index in [0.717, 1.165) is 16.2 Å². The third-order valence-electron chi connectivity index (χ3n) is 1.44. The maximum absolute atomic E-state index is 11.0. The summed E-state index contributed by atoms with van der Waals surface area (Å²) >= 11 is 1.69. The minimum atomic E-state index is -0.0949. The molecule has 2 heterocycles. The average Bonchev–Trinajstić information content (AvgIpc) is 2.36. The van der Waals surface area contributed by atoms with Crippen molar-refractivity contribution in [2.75, 3.05) is 5.75 Å². The van der Waals surface area contributed by atoms with Gasteiger partial charge >= 0.3 is 0 Å². The van der Waals surface area contributed by atoms with Gasteiger partial charge in [-0.1, -0.05) is 6.08 Å². The fraction of sp³-hybridized carbons (Fsp3) is 0.143. The zero-order valence-electron chi connectivity index (χ0n) is 5.20. The molecule has 0 aromatic heterocycles. The topological polar surface area (TPSA) is 29.4 Å². The number of nitrogens with zero attached hydrogens (tertiary/aromatic N) is 1. The molecule has 50 valence electrons. The van der Waals surface area contributed by atoms with Gasteiger partial charge in [0.2, 0.25) is 0 Å². The third kappa shape index (κ3) is 0.743. The van der Waals surface area contributed by atoms with Crippen LogP contribution >= 0.6 is 11.8 Å². The second kappa shape index (κ2) is 2.09. The number of amides is 1. The summed E-state index contributed by atoms with van der Waals surface area (Å²) < 4.78 is 0. The van der Waals surface area contributed by atoms with Gasteiger partial charge in [0, 0.05) is 16.9 Å². The van der Waals surface area contributed by atoms with E-state index >= 15 is 0 Å². The zero-order valence-corrected chi connectivity index (χ0v) is 6.02. The number of hydrogen-bond acceptors (Lipinski definition) is 2. The molecule has 0 aromatic carbocycles. The summed E-state index contributed by atoms with van der Waals surface area (Å²) in [5, 5.41) is 0. The fourth-order valence-corrected chi connectivity index (χ4v) is 1.88. The van der Waals surface area contributed by atoms with Crippen molar-refractivity contribution < 1.29 is 4.79 Å². The molecule has 2 rings (SSSR count). The Hall–Kier alpha value is -0.830. The molecule has 0 radical (unpaired) electrons. The number of thioether (sulfide) groups is 1. The molecule has 0 saturated carbocycles. The van der Waals surface area contributed by atoms with Crippen LogP contribution in [0.1, 0.15) is 0 Å². The van der Waals surface area contributed by atoms with Crippen molar-refractivity contribution >= 4 is 23.9 Å². The number of dihydropyridines is 1. The first-order valence-electron chi connectivity index (χ1n) is 3.00. The van der Waals surface area contributed by atoms with E-state index in [0.29, 0.717) is 0 Å². The number of aliphatic imine (C=N–C) groups is 1. The van der Waals surface area contributed by atoms with Crippen LogP contribution in [0.5, 0.6) is 0 Å². The predicted octanol–water partition coefficient (Wildman–Crippen LogP) is 1.15. The maximum Gasteiger partial charge on any atom is 0.277 e. The molecule has 0 unspecified atom stereocenters. The van der Waals surface area contributed by atoms with Crippen molar-refractivity contribution in [1.29, 1.82) is 0 Å². The summed E-state index contributed by atoms with van der Waals surface area (Å²) in [5.41, 5.74) is 0.785. The molecule has 0 aliphatic carbocycles. The molecule has 0 saturated heterocycles. The van der Waals surface area contributed by atoms with Gasteiger partial charge in [0.1, 0.15) is 0 Å². The first-order chi connectivity index (χ1) is 4.88. The Kier molecular flexibility index (Phi) is 1.24. The summed E-state index contributed by atoms with van der Waals surface area (Å²) in [7, 11) is 0. The van der Waals surface area contributed by atoms with Crippen LogP contribution in [-0.4, -0.2) is 17.9 Å². The van der Waals surface area contributed by atoms with Gasteiger partial charge in [-0.3, -0.25) is 4.79 Å². The first kappa shape index (κ1) is 5.92. The third-order valence-corrected chi connectivity index (χ3v) is 2.44. The molecule has 2 aliphatic heterocycles. The Morgan fingerprint density at radius 1 is 1.60 bits per heavy atom. The number of allylic oxidation sites excluding steroid dienone is 1. The standard InChI is InChI=1S/C7H5NOS/c9-7-5-2-4-10-6(5)1-3-8-7/h1-3H,4H2. The summed E-state index contributed by atoms with van der Waals surface area (Å²) in [5.74, 6) is 0.818. The Morgan fingerprint density at radius 2 is 2.50 bits per heavy atom. The molecule has 1 amide bonds. The molecule has 0 aromatic rings. The van der Waals surface area contributed by atoms with Gasteiger partial charge < -0.3 is 0 Å². The minimum Gasteiger partial charge on any atom is -0.267 e. The molecular weight excluding hydrogens is 146 g/mol. The zero-order chi connectivity index (χ0) is 6.97. The van der Waals surface area contributed by atoms with Crippen molar-refractivity contribution in [3.8, 4) is 0 Å². The number of carbonyl (C=O) groups is 1. The van der Waals surface area contributed by atoms with E-state index in [1.807, 2.05) is 12.2 Å². The highest BCUT2D eigenvalue weighted by atomic mass is 32.2. The van der Waals surface area contributed by atoms with E-state index in [-0.39, 0.29) is 5.91 Å². The van der Waals surface area contributed by atoms with Crippen molar-refractivity contribution in [3.63, 3.8) is 0 Å². The number of carbonyl (C=O) groups excluding carboxylic acids is 1. The molecule has 3 heteroatoms. The van der Waals surface area contributed by atoms with E-state index in [4.69, 9.17) is 0 Å². The summed E-state index contributed by atoms with van der Waals surface area (Å²) in [6.07, 6.45) is 5.37. The number of rotatable bonds is 0. The first-order valence-corrected chi connectivity index (χ1v) is 3.98. The van der Waals surface area contributed by atoms with Crippen molar-refractivity contribution in [1.82, 2.24) is 0 Å². The van der Waals surface area contributed by atoms with Crippen LogP contribution in [-0.2, 0) is 4.79 Å². The lowest BCUT2D eigenvalue weighted by Gasteiger charge is -2.01. The average molecular weight is 151 g/mol. The van der Waals surface area contributed by atoms with Crippen LogP contribution in [0.3, 0.4) is 0 Å². The highest BCUT2D eigenvalue weighted by Crippen LogP contribution is 2.32. The highest BCUT2D eigenvalue weighted by Gasteiger charge is 2.20. The summed E-state index contributed by atoms with van der Waals surface area (Å²) in [6, 6.07) is 0. The van der Waals surface area contributed by atoms with Crippen LogP contribution in [0.2, 0.25) is 0 Å². The monoisotopic (exact) mass is 151 g/mol. The second-order valence-electron chi connectivity index (χ2n) is 2.04. The number of hydrogen-bond donors (Lipinski definition) is 0. The van der Waals surface area contributed by atoms with Crippen molar-refractivity contribution in [3.05, 3.63) is 22.6 Å². The fourth-order valence-electron chi connectivity index (χ4n) is 0.966. The summed E-state index contributed by atoms with van der Waals surface area (Å²) in [6.45, 7) is 0. The van der Waals surface area contributed by atoms with E-state index < -0.39 is 0 Å². The molecule has 0 N–H and O–H groups in total. The van der Waals surface area contributed by atoms with Gasteiger partial charge in [0.05, 0.1) is 5.57 Å². The molecule has 0 fully saturated rings. The van der Waals surface area contributed by atoms with Crippen LogP contribution in [0.25, 0.3) is 0 Å². The second-order valence-corrected chi connectivity index (χ2v) is 3.10. The van der Waals surface area contributed by atoms with Gasteiger partial charge in [-0.05, 0) is 6.08 Å². The van der Waals surface area contributed by atoms with Gasteiger partial charge in [-0.2, -0.15) is 0 Å². The minimum absolute atomic E-state index is 0.0949. The summed E-state index contributed by atoms with van der Waals surface area (Å²) in [4.78, 5) is 15.7.